The minimum absolute atomic E-state index is 0.00236. The zero-order chi connectivity index (χ0) is 20.5. The molecule has 2 aromatic heterocycles. The number of hydrogen-bond donors (Lipinski definition) is 4. The third kappa shape index (κ3) is 3.85. The van der Waals surface area contributed by atoms with Crippen LogP contribution in [0.5, 0.6) is 0 Å². The van der Waals surface area contributed by atoms with Crippen molar-refractivity contribution in [3.63, 3.8) is 0 Å². The number of carbonyl (C=O) groups is 2. The predicted octanol–water partition coefficient (Wildman–Crippen LogP) is 2.55. The van der Waals surface area contributed by atoms with Gasteiger partial charge in [0.05, 0.1) is 17.4 Å². The molecule has 0 atom stereocenters. The number of imidazole rings is 2. The molecule has 2 radical (unpaired) electrons. The summed E-state index contributed by atoms with van der Waals surface area (Å²) >= 11 is 5.96. The molecule has 0 bridgehead atoms. The lowest BCUT2D eigenvalue weighted by atomic mass is 9.94. The van der Waals surface area contributed by atoms with Gasteiger partial charge in [0.15, 0.2) is 5.69 Å². The van der Waals surface area contributed by atoms with Gasteiger partial charge in [0, 0.05) is 10.7 Å². The van der Waals surface area contributed by atoms with Gasteiger partial charge in [-0.2, -0.15) is 0 Å². The van der Waals surface area contributed by atoms with Crippen LogP contribution >= 0.6 is 11.6 Å². The molecule has 4 aromatic rings. The van der Waals surface area contributed by atoms with Crippen LogP contribution in [0.15, 0.2) is 42.7 Å². The molecule has 0 unspecified atom stereocenters. The number of nitrogens with zero attached hydrogens (tertiary/aromatic N) is 2. The highest BCUT2D eigenvalue weighted by Gasteiger charge is 2.22. The van der Waals surface area contributed by atoms with Gasteiger partial charge >= 0.3 is 0 Å². The Bertz CT molecular complexity index is 1250. The maximum atomic E-state index is 12.6. The second kappa shape index (κ2) is 7.44. The Morgan fingerprint density at radius 1 is 1.10 bits per heavy atom. The normalized spacial score (nSPS) is 10.8. The van der Waals surface area contributed by atoms with Crippen LogP contribution in [0.25, 0.3) is 11.0 Å². The zero-order valence-corrected chi connectivity index (χ0v) is 16.0. The average Bonchev–Trinajstić information content (AvgIpc) is 3.31. The van der Waals surface area contributed by atoms with Crippen LogP contribution in [0.3, 0.4) is 0 Å². The van der Waals surface area contributed by atoms with Crippen LogP contribution in [-0.4, -0.2) is 39.6 Å². The smallest absolute Gasteiger partial charge is 0.276 e. The van der Waals surface area contributed by atoms with Gasteiger partial charge in [0.25, 0.3) is 11.8 Å². The molecule has 0 spiro atoms. The second-order valence-electron chi connectivity index (χ2n) is 6.36. The van der Waals surface area contributed by atoms with Crippen molar-refractivity contribution in [2.75, 3.05) is 10.6 Å². The maximum absolute atomic E-state index is 12.6. The Morgan fingerprint density at radius 3 is 2.76 bits per heavy atom. The number of fused-ring (bicyclic) bond motifs is 1. The number of amides is 2. The van der Waals surface area contributed by atoms with E-state index in [1.165, 1.54) is 6.33 Å². The van der Waals surface area contributed by atoms with Crippen LogP contribution in [-0.2, 0) is 0 Å². The van der Waals surface area contributed by atoms with Gasteiger partial charge < -0.3 is 15.3 Å². The van der Waals surface area contributed by atoms with Crippen LogP contribution < -0.4 is 16.1 Å². The van der Waals surface area contributed by atoms with Crippen LogP contribution in [0.4, 0.5) is 11.6 Å². The van der Waals surface area contributed by atoms with Gasteiger partial charge in [0.2, 0.25) is 5.95 Å². The highest BCUT2D eigenvalue weighted by atomic mass is 35.5. The molecule has 2 aromatic carbocycles. The fourth-order valence-corrected chi connectivity index (χ4v) is 2.98. The van der Waals surface area contributed by atoms with Gasteiger partial charge in [0.1, 0.15) is 13.5 Å². The molecular formula is C19H14BClN6O2. The molecule has 0 aliphatic carbocycles. The standard InChI is InChI=1S/C19H14BClN6O2/c1-9-2-3-10(20)6-13(9)24-17(28)15-16(23-8-22-15)18(29)27-19-25-12-5-4-11(21)7-14(12)26-19/h2-8H,1H3,(H,22,23)(H,24,28)(H2,25,26,27,29). The van der Waals surface area contributed by atoms with Crippen molar-refractivity contribution in [3.8, 4) is 0 Å². The summed E-state index contributed by atoms with van der Waals surface area (Å²) < 4.78 is 0. The maximum Gasteiger partial charge on any atom is 0.276 e. The highest BCUT2D eigenvalue weighted by molar-refractivity contribution is 6.32. The quantitative estimate of drug-likeness (QED) is 0.391. The number of benzene rings is 2. The summed E-state index contributed by atoms with van der Waals surface area (Å²) in [5.74, 6) is -0.886. The SMILES string of the molecule is [B]c1ccc(C)c(NC(=O)c2nc[nH]c2C(=O)Nc2nc3ccc(Cl)cc3[nH]2)c1. The first-order valence-electron chi connectivity index (χ1n) is 8.58. The van der Waals surface area contributed by atoms with E-state index in [1.54, 1.807) is 36.4 Å². The summed E-state index contributed by atoms with van der Waals surface area (Å²) in [6.45, 7) is 1.83. The molecule has 10 heteroatoms. The van der Waals surface area contributed by atoms with E-state index in [-0.39, 0.29) is 17.3 Å². The monoisotopic (exact) mass is 404 g/mol. The van der Waals surface area contributed by atoms with Crippen LogP contribution in [0.2, 0.25) is 5.02 Å². The van der Waals surface area contributed by atoms with E-state index in [9.17, 15) is 9.59 Å². The number of aryl methyl sites for hydroxylation is 1. The van der Waals surface area contributed by atoms with Crippen molar-refractivity contribution < 1.29 is 9.59 Å². The Labute approximate surface area is 171 Å². The average molecular weight is 405 g/mol. The van der Waals surface area contributed by atoms with Crippen LogP contribution in [0, 0.1) is 6.92 Å². The fourth-order valence-electron chi connectivity index (χ4n) is 2.81. The number of rotatable bonds is 4. The predicted molar refractivity (Wildman–Crippen MR) is 112 cm³/mol. The molecule has 8 nitrogen and oxygen atoms in total. The first kappa shape index (κ1) is 18.8. The van der Waals surface area contributed by atoms with E-state index in [1.807, 2.05) is 6.92 Å². The molecule has 0 fully saturated rings. The molecule has 0 saturated carbocycles. The third-order valence-corrected chi connectivity index (χ3v) is 4.50. The number of nitrogens with one attached hydrogen (secondary N) is 4. The molecule has 0 aliphatic heterocycles. The summed E-state index contributed by atoms with van der Waals surface area (Å²) in [6, 6.07) is 10.3. The summed E-state index contributed by atoms with van der Waals surface area (Å²) in [7, 11) is 5.77. The number of H-pyrrole nitrogens is 2. The molecule has 29 heavy (non-hydrogen) atoms. The van der Waals surface area contributed by atoms with Crippen molar-refractivity contribution in [3.05, 3.63) is 64.7 Å². The van der Waals surface area contributed by atoms with Gasteiger partial charge in [-0.05, 0) is 36.8 Å². The van der Waals surface area contributed by atoms with Gasteiger partial charge in [-0.1, -0.05) is 29.2 Å². The lowest BCUT2D eigenvalue weighted by molar-refractivity contribution is 0.0985. The lowest BCUT2D eigenvalue weighted by Crippen LogP contribution is -2.21. The molecule has 142 valence electrons. The number of aromatic amines is 2. The fraction of sp³-hybridized carbons (Fsp3) is 0.0526. The summed E-state index contributed by atoms with van der Waals surface area (Å²) in [5, 5.41) is 5.88. The van der Waals surface area contributed by atoms with Gasteiger partial charge in [-0.3, -0.25) is 14.9 Å². The van der Waals surface area contributed by atoms with Crippen molar-refractivity contribution in [2.45, 2.75) is 6.92 Å². The van der Waals surface area contributed by atoms with E-state index in [2.05, 4.69) is 30.6 Å². The Hall–Kier alpha value is -3.59. The molecule has 0 saturated heterocycles. The van der Waals surface area contributed by atoms with Crippen molar-refractivity contribution in [1.82, 2.24) is 19.9 Å². The first-order valence-corrected chi connectivity index (χ1v) is 8.96. The zero-order valence-electron chi connectivity index (χ0n) is 15.2. The molecule has 0 aliphatic rings. The number of aromatic nitrogens is 4. The molecule has 2 amide bonds. The molecule has 4 N–H and O–H groups in total. The van der Waals surface area contributed by atoms with E-state index < -0.39 is 11.8 Å². The van der Waals surface area contributed by atoms with Crippen molar-refractivity contribution in [2.24, 2.45) is 0 Å². The van der Waals surface area contributed by atoms with E-state index in [4.69, 9.17) is 19.4 Å². The first-order chi connectivity index (χ1) is 13.9. The van der Waals surface area contributed by atoms with E-state index in [0.717, 1.165) is 5.56 Å². The number of carbonyl (C=O) groups excluding carboxylic acids is 2. The topological polar surface area (TPSA) is 116 Å². The van der Waals surface area contributed by atoms with Crippen molar-refractivity contribution in [1.29, 1.82) is 0 Å². The minimum atomic E-state index is -0.567. The summed E-state index contributed by atoms with van der Waals surface area (Å²) in [4.78, 5) is 39.2. The second-order valence-corrected chi connectivity index (χ2v) is 6.79. The van der Waals surface area contributed by atoms with Gasteiger partial charge in [-0.25, -0.2) is 9.97 Å². The minimum Gasteiger partial charge on any atom is -0.340 e. The van der Waals surface area contributed by atoms with E-state index >= 15 is 0 Å². The number of anilines is 2. The van der Waals surface area contributed by atoms with Gasteiger partial charge in [-0.15, -0.1) is 0 Å². The molecular weight excluding hydrogens is 391 g/mol. The Balaban J connectivity index is 1.55. The summed E-state index contributed by atoms with van der Waals surface area (Å²) in [5.41, 5.74) is 3.15. The van der Waals surface area contributed by atoms with E-state index in [0.29, 0.717) is 27.2 Å². The molecule has 4 rings (SSSR count). The Morgan fingerprint density at radius 2 is 1.93 bits per heavy atom. The number of hydrogen-bond acceptors (Lipinski definition) is 4. The third-order valence-electron chi connectivity index (χ3n) is 4.27. The number of halogens is 1. The largest absolute Gasteiger partial charge is 0.340 e. The Kier molecular flexibility index (Phi) is 4.81. The lowest BCUT2D eigenvalue weighted by Gasteiger charge is -2.09. The molecule has 2 heterocycles. The highest BCUT2D eigenvalue weighted by Crippen LogP contribution is 2.20. The van der Waals surface area contributed by atoms with Crippen LogP contribution in [0.1, 0.15) is 26.5 Å². The summed E-state index contributed by atoms with van der Waals surface area (Å²) in [6.07, 6.45) is 1.27. The van der Waals surface area contributed by atoms with Crippen molar-refractivity contribution >= 4 is 59.4 Å².